The van der Waals surface area contributed by atoms with E-state index in [0.29, 0.717) is 17.4 Å². The van der Waals surface area contributed by atoms with Crippen molar-refractivity contribution in [1.82, 2.24) is 5.32 Å². The fourth-order valence-corrected chi connectivity index (χ4v) is 10.7. The molecule has 9 heteroatoms. The third-order valence-electron chi connectivity index (χ3n) is 15.2. The van der Waals surface area contributed by atoms with Crippen LogP contribution in [0.25, 0.3) is 0 Å². The average molecular weight is 1120 g/mol. The number of phosphoric ester groups is 1. The summed E-state index contributed by atoms with van der Waals surface area (Å²) < 4.78 is 23.8. The van der Waals surface area contributed by atoms with Crippen LogP contribution in [0.2, 0.25) is 0 Å². The van der Waals surface area contributed by atoms with Gasteiger partial charge in [0.2, 0.25) is 5.91 Å². The van der Waals surface area contributed by atoms with Crippen LogP contribution in [0.15, 0.2) is 60.8 Å². The summed E-state index contributed by atoms with van der Waals surface area (Å²) >= 11 is 0. The van der Waals surface area contributed by atoms with Crippen molar-refractivity contribution in [2.45, 2.75) is 334 Å². The quantitative estimate of drug-likeness (QED) is 0.0243. The van der Waals surface area contributed by atoms with Gasteiger partial charge >= 0.3 is 7.82 Å². The molecule has 3 N–H and O–H groups in total. The molecule has 0 fully saturated rings. The number of likely N-dealkylation sites (N-methyl/N-ethyl adjacent to an activating group) is 1. The second-order valence-electron chi connectivity index (χ2n) is 24.2. The summed E-state index contributed by atoms with van der Waals surface area (Å²) in [5.74, 6) is -0.182. The van der Waals surface area contributed by atoms with Gasteiger partial charge in [-0.3, -0.25) is 13.8 Å². The fraction of sp³-hybridized carbons (Fsp3) is 0.841. The van der Waals surface area contributed by atoms with E-state index in [4.69, 9.17) is 9.05 Å². The summed E-state index contributed by atoms with van der Waals surface area (Å²) in [6.45, 7) is 4.82. The van der Waals surface area contributed by atoms with Crippen molar-refractivity contribution >= 4 is 13.7 Å². The van der Waals surface area contributed by atoms with Crippen LogP contribution in [0.5, 0.6) is 0 Å². The number of nitrogens with zero attached hydrogens (tertiary/aromatic N) is 1. The Kier molecular flexibility index (Phi) is 58.4. The third kappa shape index (κ3) is 61.8. The summed E-state index contributed by atoms with van der Waals surface area (Å²) in [5.41, 5.74) is 0. The van der Waals surface area contributed by atoms with Crippen LogP contribution in [0.4, 0.5) is 0 Å². The molecule has 78 heavy (non-hydrogen) atoms. The molecule has 0 saturated carbocycles. The monoisotopic (exact) mass is 1120 g/mol. The summed E-state index contributed by atoms with van der Waals surface area (Å²) in [6.07, 6.45) is 82.2. The minimum atomic E-state index is -4.36. The molecule has 0 saturated heterocycles. The number of hydrogen-bond acceptors (Lipinski definition) is 5. The van der Waals surface area contributed by atoms with Crippen molar-refractivity contribution in [1.29, 1.82) is 0 Å². The minimum Gasteiger partial charge on any atom is -0.387 e. The van der Waals surface area contributed by atoms with Crippen LogP contribution in [0.1, 0.15) is 322 Å². The van der Waals surface area contributed by atoms with Gasteiger partial charge in [0.05, 0.1) is 39.9 Å². The molecule has 3 atom stereocenters. The molecular formula is C69H132N2O6P+. The zero-order chi connectivity index (χ0) is 57.0. The van der Waals surface area contributed by atoms with Gasteiger partial charge in [-0.1, -0.05) is 306 Å². The van der Waals surface area contributed by atoms with Gasteiger partial charge in [0.15, 0.2) is 0 Å². The highest BCUT2D eigenvalue weighted by atomic mass is 31.2. The number of nitrogens with one attached hydrogen (secondary N) is 1. The lowest BCUT2D eigenvalue weighted by Crippen LogP contribution is -2.45. The molecule has 8 nitrogen and oxygen atoms in total. The van der Waals surface area contributed by atoms with Crippen LogP contribution >= 0.6 is 7.82 Å². The molecule has 0 aromatic carbocycles. The van der Waals surface area contributed by atoms with Crippen molar-refractivity contribution in [3.8, 4) is 0 Å². The van der Waals surface area contributed by atoms with Crippen LogP contribution in [0, 0.1) is 0 Å². The Morgan fingerprint density at radius 2 is 0.744 bits per heavy atom. The summed E-state index contributed by atoms with van der Waals surface area (Å²) in [7, 11) is 1.56. The first-order valence-electron chi connectivity index (χ1n) is 33.7. The van der Waals surface area contributed by atoms with Gasteiger partial charge in [-0.25, -0.2) is 4.57 Å². The van der Waals surface area contributed by atoms with Crippen molar-refractivity contribution < 1.29 is 32.9 Å². The number of aliphatic hydroxyl groups is 1. The Labute approximate surface area is 485 Å². The van der Waals surface area contributed by atoms with Crippen molar-refractivity contribution in [3.05, 3.63) is 60.8 Å². The van der Waals surface area contributed by atoms with E-state index < -0.39 is 20.0 Å². The van der Waals surface area contributed by atoms with Gasteiger partial charge in [0, 0.05) is 6.42 Å². The zero-order valence-electron chi connectivity index (χ0n) is 52.4. The Morgan fingerprint density at radius 3 is 1.12 bits per heavy atom. The molecule has 0 radical (unpaired) electrons. The Bertz CT molecular complexity index is 1450. The maximum absolute atomic E-state index is 13.0. The summed E-state index contributed by atoms with van der Waals surface area (Å²) in [5, 5.41) is 14.0. The minimum absolute atomic E-state index is 0.0567. The van der Waals surface area contributed by atoms with Gasteiger partial charge in [-0.2, -0.15) is 0 Å². The van der Waals surface area contributed by atoms with E-state index in [2.05, 4.69) is 67.8 Å². The van der Waals surface area contributed by atoms with Crippen molar-refractivity contribution in [2.24, 2.45) is 0 Å². The van der Waals surface area contributed by atoms with Gasteiger partial charge < -0.3 is 19.8 Å². The van der Waals surface area contributed by atoms with E-state index in [1.807, 2.05) is 27.2 Å². The first kappa shape index (κ1) is 76.2. The Hall–Kier alpha value is -1.80. The number of unbranched alkanes of at least 4 members (excludes halogenated alkanes) is 41. The predicted octanol–water partition coefficient (Wildman–Crippen LogP) is 21.2. The number of aliphatic hydroxyl groups excluding tert-OH is 1. The van der Waals surface area contributed by atoms with E-state index in [-0.39, 0.29) is 19.1 Å². The molecule has 0 heterocycles. The van der Waals surface area contributed by atoms with Gasteiger partial charge in [0.25, 0.3) is 0 Å². The van der Waals surface area contributed by atoms with Crippen molar-refractivity contribution in [3.63, 3.8) is 0 Å². The zero-order valence-corrected chi connectivity index (χ0v) is 53.3. The molecule has 0 aromatic rings. The number of hydrogen-bond donors (Lipinski definition) is 3. The lowest BCUT2D eigenvalue weighted by Gasteiger charge is -2.25. The standard InChI is InChI=1S/C69H131N2O6P/c1-6-8-10-12-14-16-18-20-22-24-26-27-28-29-30-31-32-33-34-35-36-37-38-39-40-41-42-43-45-47-49-51-53-55-57-59-61-63-69(73)70-67(66-77-78(74,75)76-65-64-71(3,4)5)68(72)62-60-58-56-54-52-50-48-46-44-25-23-21-19-17-15-13-11-9-7-2/h18,20,24,26,28-29,52,54,60,62,67-68,72H,6-17,19,21-23,25,27,30-51,53,55-59,61,63-66H2,1-5H3,(H-,70,73,74,75)/p+1/b20-18-,26-24-,29-28-,54-52+,62-60+. The second kappa shape index (κ2) is 59.8. The van der Waals surface area contributed by atoms with E-state index >= 15 is 0 Å². The number of rotatable bonds is 62. The molecule has 458 valence electrons. The summed E-state index contributed by atoms with van der Waals surface area (Å²) in [6, 6.07) is -0.864. The Morgan fingerprint density at radius 1 is 0.436 bits per heavy atom. The highest BCUT2D eigenvalue weighted by Crippen LogP contribution is 2.43. The lowest BCUT2D eigenvalue weighted by molar-refractivity contribution is -0.870. The van der Waals surface area contributed by atoms with E-state index in [1.165, 1.54) is 250 Å². The second-order valence-corrected chi connectivity index (χ2v) is 25.6. The maximum Gasteiger partial charge on any atom is 0.472 e. The normalized spacial score (nSPS) is 14.1. The highest BCUT2D eigenvalue weighted by Gasteiger charge is 2.28. The highest BCUT2D eigenvalue weighted by molar-refractivity contribution is 7.47. The average Bonchev–Trinajstić information content (AvgIpc) is 3.41. The van der Waals surface area contributed by atoms with Gasteiger partial charge in [-0.15, -0.1) is 0 Å². The topological polar surface area (TPSA) is 105 Å². The van der Waals surface area contributed by atoms with Crippen LogP contribution in [0.3, 0.4) is 0 Å². The molecule has 3 unspecified atom stereocenters. The molecule has 0 spiro atoms. The van der Waals surface area contributed by atoms with Gasteiger partial charge in [-0.05, 0) is 70.6 Å². The number of allylic oxidation sites excluding steroid dienone is 9. The van der Waals surface area contributed by atoms with Gasteiger partial charge in [0.1, 0.15) is 13.2 Å². The van der Waals surface area contributed by atoms with E-state index in [0.717, 1.165) is 51.4 Å². The maximum atomic E-state index is 13.0. The lowest BCUT2D eigenvalue weighted by atomic mass is 10.0. The van der Waals surface area contributed by atoms with Crippen LogP contribution < -0.4 is 5.32 Å². The molecule has 0 aliphatic heterocycles. The van der Waals surface area contributed by atoms with E-state index in [9.17, 15) is 19.4 Å². The first-order chi connectivity index (χ1) is 38.0. The molecule has 0 aliphatic carbocycles. The number of carbonyl (C=O) groups is 1. The molecular weight excluding hydrogens is 984 g/mol. The summed E-state index contributed by atoms with van der Waals surface area (Å²) in [4.78, 5) is 23.4. The van der Waals surface area contributed by atoms with Crippen LogP contribution in [-0.4, -0.2) is 73.4 Å². The van der Waals surface area contributed by atoms with Crippen molar-refractivity contribution in [2.75, 3.05) is 40.9 Å². The first-order valence-corrected chi connectivity index (χ1v) is 35.2. The number of carbonyl (C=O) groups excluding carboxylic acids is 1. The molecule has 0 rings (SSSR count). The number of phosphoric acid groups is 1. The smallest absolute Gasteiger partial charge is 0.387 e. The Balaban J connectivity index is 4.01. The van der Waals surface area contributed by atoms with E-state index in [1.54, 1.807) is 6.08 Å². The largest absolute Gasteiger partial charge is 0.472 e. The fourth-order valence-electron chi connectivity index (χ4n) is 9.95. The molecule has 0 aromatic heterocycles. The molecule has 0 bridgehead atoms. The van der Waals surface area contributed by atoms with Crippen LogP contribution in [-0.2, 0) is 18.4 Å². The molecule has 0 aliphatic rings. The molecule has 1 amide bonds. The third-order valence-corrected chi connectivity index (χ3v) is 16.2. The predicted molar refractivity (Wildman–Crippen MR) is 341 cm³/mol. The number of amides is 1. The SMILES string of the molecule is CCCCCCC/C=C\C/C=C\C/C=C\CCCCCCCCCCCCCCCCCCCCCCCCC(=O)NC(COP(=O)(O)OCC[N+](C)(C)C)C(O)/C=C/CC/C=C/CCCCCCCCCCCCCCC. The number of quaternary nitrogens is 1.